The number of hydrogen-bond donors (Lipinski definition) is 1. The van der Waals surface area contributed by atoms with Gasteiger partial charge in [0.25, 0.3) is 0 Å². The smallest absolute Gasteiger partial charge is 0.352 e. The first-order valence-corrected chi connectivity index (χ1v) is 4.91. The van der Waals surface area contributed by atoms with E-state index in [0.29, 0.717) is 10.5 Å². The molecule has 5 heteroatoms. The Morgan fingerprint density at radius 2 is 2.31 bits per heavy atom. The molecule has 2 rings (SSSR count). The average Bonchev–Trinajstić information content (AvgIpc) is 2.59. The Morgan fingerprint density at radius 3 is 2.94 bits per heavy atom. The number of rotatable bonds is 2. The van der Waals surface area contributed by atoms with E-state index in [1.807, 2.05) is 6.07 Å². The van der Waals surface area contributed by atoms with Crippen molar-refractivity contribution in [2.75, 3.05) is 0 Å². The van der Waals surface area contributed by atoms with E-state index in [4.69, 9.17) is 22.0 Å². The zero-order valence-electron chi connectivity index (χ0n) is 8.14. The average molecular weight is 235 g/mol. The van der Waals surface area contributed by atoms with Crippen molar-refractivity contribution in [3.63, 3.8) is 0 Å². The lowest BCUT2D eigenvalue weighted by Gasteiger charge is -2.03. The summed E-state index contributed by atoms with van der Waals surface area (Å²) in [6.45, 7) is -0.0329. The van der Waals surface area contributed by atoms with Crippen molar-refractivity contribution in [3.05, 3.63) is 35.0 Å². The van der Waals surface area contributed by atoms with Gasteiger partial charge in [0.15, 0.2) is 0 Å². The largest absolute Gasteiger partial charge is 0.477 e. The molecule has 0 radical (unpaired) electrons. The normalized spacial score (nSPS) is 10.2. The predicted molar refractivity (Wildman–Crippen MR) is 59.5 cm³/mol. The Morgan fingerprint density at radius 1 is 1.56 bits per heavy atom. The molecule has 0 aliphatic carbocycles. The van der Waals surface area contributed by atoms with E-state index < -0.39 is 5.97 Å². The molecule has 2 aromatic rings. The highest BCUT2D eigenvalue weighted by atomic mass is 35.5. The third kappa shape index (κ3) is 1.51. The van der Waals surface area contributed by atoms with E-state index in [-0.39, 0.29) is 12.2 Å². The van der Waals surface area contributed by atoms with Gasteiger partial charge >= 0.3 is 5.97 Å². The summed E-state index contributed by atoms with van der Waals surface area (Å²) in [4.78, 5) is 11.0. The van der Waals surface area contributed by atoms with Crippen LogP contribution in [-0.2, 0) is 6.54 Å². The van der Waals surface area contributed by atoms with Crippen molar-refractivity contribution < 1.29 is 9.90 Å². The number of aromatic nitrogens is 1. The third-order valence-electron chi connectivity index (χ3n) is 2.32. The van der Waals surface area contributed by atoms with Gasteiger partial charge in [-0.2, -0.15) is 5.26 Å². The molecule has 0 atom stereocenters. The lowest BCUT2D eigenvalue weighted by atomic mass is 10.2. The third-order valence-corrected chi connectivity index (χ3v) is 2.62. The fourth-order valence-electron chi connectivity index (χ4n) is 1.69. The van der Waals surface area contributed by atoms with Crippen LogP contribution in [-0.4, -0.2) is 15.6 Å². The Balaban J connectivity index is 2.83. The number of halogens is 1. The highest BCUT2D eigenvalue weighted by molar-refractivity contribution is 6.35. The maximum Gasteiger partial charge on any atom is 0.352 e. The number of benzene rings is 1. The first kappa shape index (κ1) is 10.5. The molecular weight excluding hydrogens is 228 g/mol. The fourth-order valence-corrected chi connectivity index (χ4v) is 1.97. The van der Waals surface area contributed by atoms with Gasteiger partial charge in [-0.25, -0.2) is 4.79 Å². The SMILES string of the molecule is N#CCn1c(C(=O)O)cc2cccc(Cl)c21. The Hall–Kier alpha value is -1.99. The van der Waals surface area contributed by atoms with Gasteiger partial charge < -0.3 is 9.67 Å². The summed E-state index contributed by atoms with van der Waals surface area (Å²) < 4.78 is 1.40. The molecule has 0 aliphatic heterocycles. The molecule has 0 spiro atoms. The predicted octanol–water partition coefficient (Wildman–Crippen LogP) is 2.52. The number of fused-ring (bicyclic) bond motifs is 1. The lowest BCUT2D eigenvalue weighted by molar-refractivity contribution is 0.0686. The van der Waals surface area contributed by atoms with E-state index in [1.54, 1.807) is 18.2 Å². The number of para-hydroxylation sites is 1. The van der Waals surface area contributed by atoms with Crippen molar-refractivity contribution in [3.8, 4) is 6.07 Å². The summed E-state index contributed by atoms with van der Waals surface area (Å²) in [7, 11) is 0. The standard InChI is InChI=1S/C11H7ClN2O2/c12-8-3-1-2-7-6-9(11(15)16)14(5-4-13)10(7)8/h1-3,6H,5H2,(H,15,16). The number of nitrogens with zero attached hydrogens (tertiary/aromatic N) is 2. The first-order valence-electron chi connectivity index (χ1n) is 4.53. The van der Waals surface area contributed by atoms with Crippen molar-refractivity contribution in [2.45, 2.75) is 6.54 Å². The van der Waals surface area contributed by atoms with Crippen LogP contribution in [0.15, 0.2) is 24.3 Å². The molecule has 16 heavy (non-hydrogen) atoms. The molecule has 4 nitrogen and oxygen atoms in total. The van der Waals surface area contributed by atoms with Gasteiger partial charge in [-0.05, 0) is 12.1 Å². The van der Waals surface area contributed by atoms with Crippen molar-refractivity contribution >= 4 is 28.5 Å². The molecule has 0 bridgehead atoms. The molecule has 0 saturated heterocycles. The second-order valence-electron chi connectivity index (χ2n) is 3.26. The van der Waals surface area contributed by atoms with Gasteiger partial charge in [0.2, 0.25) is 0 Å². The molecule has 1 aromatic heterocycles. The van der Waals surface area contributed by atoms with Gasteiger partial charge in [0.1, 0.15) is 12.2 Å². The minimum absolute atomic E-state index is 0.0329. The van der Waals surface area contributed by atoms with Crippen molar-refractivity contribution in [2.24, 2.45) is 0 Å². The molecule has 0 saturated carbocycles. The highest BCUT2D eigenvalue weighted by Crippen LogP contribution is 2.26. The summed E-state index contributed by atoms with van der Waals surface area (Å²) >= 11 is 5.99. The highest BCUT2D eigenvalue weighted by Gasteiger charge is 2.15. The van der Waals surface area contributed by atoms with Crippen LogP contribution in [0.5, 0.6) is 0 Å². The number of carboxylic acid groups (broad SMARTS) is 1. The van der Waals surface area contributed by atoms with Crippen LogP contribution in [0.1, 0.15) is 10.5 Å². The van der Waals surface area contributed by atoms with Crippen LogP contribution in [0.2, 0.25) is 5.02 Å². The number of carboxylic acids is 1. The number of nitriles is 1. The molecule has 1 aromatic carbocycles. The zero-order chi connectivity index (χ0) is 11.7. The minimum Gasteiger partial charge on any atom is -0.477 e. The van der Waals surface area contributed by atoms with E-state index in [2.05, 4.69) is 0 Å². The van der Waals surface area contributed by atoms with Crippen LogP contribution in [0.4, 0.5) is 0 Å². The molecule has 1 N–H and O–H groups in total. The molecule has 1 heterocycles. The summed E-state index contributed by atoms with van der Waals surface area (Å²) in [6, 6.07) is 8.62. The second-order valence-corrected chi connectivity index (χ2v) is 3.66. The van der Waals surface area contributed by atoms with Crippen LogP contribution >= 0.6 is 11.6 Å². The quantitative estimate of drug-likeness (QED) is 0.868. The number of carbonyl (C=O) groups is 1. The lowest BCUT2D eigenvalue weighted by Crippen LogP contribution is -2.07. The van der Waals surface area contributed by atoms with Gasteiger partial charge in [-0.15, -0.1) is 0 Å². The summed E-state index contributed by atoms with van der Waals surface area (Å²) in [5.41, 5.74) is 0.660. The second kappa shape index (κ2) is 3.87. The Kier molecular flexibility index (Phi) is 2.55. The van der Waals surface area contributed by atoms with E-state index in [1.165, 1.54) is 10.6 Å². The van der Waals surface area contributed by atoms with Gasteiger partial charge in [-0.1, -0.05) is 23.7 Å². The van der Waals surface area contributed by atoms with E-state index in [9.17, 15) is 4.79 Å². The van der Waals surface area contributed by atoms with Gasteiger partial charge in [0.05, 0.1) is 16.6 Å². The monoisotopic (exact) mass is 234 g/mol. The minimum atomic E-state index is -1.07. The first-order chi connectivity index (χ1) is 7.65. The van der Waals surface area contributed by atoms with Crippen molar-refractivity contribution in [1.82, 2.24) is 4.57 Å². The Labute approximate surface area is 96.3 Å². The van der Waals surface area contributed by atoms with Crippen LogP contribution < -0.4 is 0 Å². The molecule has 80 valence electrons. The fraction of sp³-hybridized carbons (Fsp3) is 0.0909. The number of hydrogen-bond acceptors (Lipinski definition) is 2. The topological polar surface area (TPSA) is 66.0 Å². The summed E-state index contributed by atoms with van der Waals surface area (Å²) in [5, 5.41) is 18.9. The van der Waals surface area contributed by atoms with Crippen LogP contribution in [0.25, 0.3) is 10.9 Å². The molecule has 0 amide bonds. The van der Waals surface area contributed by atoms with Gasteiger partial charge in [-0.3, -0.25) is 0 Å². The van der Waals surface area contributed by atoms with Crippen molar-refractivity contribution in [1.29, 1.82) is 5.26 Å². The molecule has 0 fully saturated rings. The molecule has 0 unspecified atom stereocenters. The molecular formula is C11H7ClN2O2. The van der Waals surface area contributed by atoms with E-state index >= 15 is 0 Å². The summed E-state index contributed by atoms with van der Waals surface area (Å²) in [6.07, 6.45) is 0. The van der Waals surface area contributed by atoms with E-state index in [0.717, 1.165) is 5.39 Å². The Bertz CT molecular complexity index is 610. The van der Waals surface area contributed by atoms with Gasteiger partial charge in [0, 0.05) is 5.39 Å². The number of aromatic carboxylic acids is 1. The van der Waals surface area contributed by atoms with Crippen LogP contribution in [0.3, 0.4) is 0 Å². The zero-order valence-corrected chi connectivity index (χ0v) is 8.90. The maximum atomic E-state index is 11.0. The maximum absolute atomic E-state index is 11.0. The summed E-state index contributed by atoms with van der Waals surface area (Å²) in [5.74, 6) is -1.07. The molecule has 0 aliphatic rings. The van der Waals surface area contributed by atoms with Crippen LogP contribution in [0, 0.1) is 11.3 Å².